The fraction of sp³-hybridized carbons (Fsp3) is 0.533. The Balaban J connectivity index is 2.95. The Morgan fingerprint density at radius 1 is 1.12 bits per heavy atom. The minimum absolute atomic E-state index is 0.00586. The molecule has 1 aromatic rings. The molecule has 0 saturated carbocycles. The van der Waals surface area contributed by atoms with Gasteiger partial charge in [0.05, 0.1) is 6.04 Å². The molecule has 1 unspecified atom stereocenters. The first-order valence-electron chi connectivity index (χ1n) is 6.17. The van der Waals surface area contributed by atoms with Gasteiger partial charge in [-0.3, -0.25) is 4.79 Å². The first-order valence-corrected chi connectivity index (χ1v) is 6.17. The lowest BCUT2D eigenvalue weighted by Gasteiger charge is -2.32. The molecule has 0 spiro atoms. The van der Waals surface area contributed by atoms with Crippen LogP contribution in [-0.4, -0.2) is 5.91 Å². The van der Waals surface area contributed by atoms with Gasteiger partial charge in [-0.2, -0.15) is 0 Å². The van der Waals surface area contributed by atoms with E-state index in [4.69, 9.17) is 0 Å². The zero-order chi connectivity index (χ0) is 13.1. The van der Waals surface area contributed by atoms with Crippen molar-refractivity contribution in [1.82, 2.24) is 5.32 Å². The highest BCUT2D eigenvalue weighted by Crippen LogP contribution is 2.32. The van der Waals surface area contributed by atoms with Crippen molar-refractivity contribution in [2.24, 2.45) is 11.3 Å². The second-order valence-corrected chi connectivity index (χ2v) is 5.87. The summed E-state index contributed by atoms with van der Waals surface area (Å²) in [5, 5.41) is 3.13. The minimum atomic E-state index is 0.00586. The smallest absolute Gasteiger partial charge is 0.223 e. The van der Waals surface area contributed by atoms with Crippen molar-refractivity contribution >= 4 is 5.91 Å². The predicted molar refractivity (Wildman–Crippen MR) is 71.6 cm³/mol. The molecule has 0 fully saturated rings. The van der Waals surface area contributed by atoms with E-state index in [1.54, 1.807) is 0 Å². The molecule has 0 aromatic heterocycles. The molecule has 1 aromatic carbocycles. The van der Waals surface area contributed by atoms with Crippen LogP contribution >= 0.6 is 0 Å². The van der Waals surface area contributed by atoms with Crippen LogP contribution < -0.4 is 5.32 Å². The van der Waals surface area contributed by atoms with Crippen molar-refractivity contribution in [2.75, 3.05) is 0 Å². The van der Waals surface area contributed by atoms with E-state index in [0.717, 1.165) is 5.56 Å². The molecule has 0 saturated heterocycles. The van der Waals surface area contributed by atoms with Crippen molar-refractivity contribution in [3.05, 3.63) is 35.9 Å². The number of amides is 1. The van der Waals surface area contributed by atoms with Gasteiger partial charge in [-0.1, -0.05) is 65.0 Å². The molecule has 0 heterocycles. The molecule has 1 N–H and O–H groups in total. The quantitative estimate of drug-likeness (QED) is 0.850. The maximum atomic E-state index is 11.9. The first kappa shape index (κ1) is 13.8. The largest absolute Gasteiger partial charge is 0.349 e. The molecule has 0 aliphatic carbocycles. The van der Waals surface area contributed by atoms with Crippen LogP contribution in [0.1, 0.15) is 46.2 Å². The second-order valence-electron chi connectivity index (χ2n) is 5.87. The summed E-state index contributed by atoms with van der Waals surface area (Å²) in [5.74, 6) is 0.123. The molecule has 1 rings (SSSR count). The highest BCUT2D eigenvalue weighted by molar-refractivity contribution is 5.78. The van der Waals surface area contributed by atoms with E-state index in [0.29, 0.717) is 0 Å². The zero-order valence-corrected chi connectivity index (χ0v) is 11.4. The second kappa shape index (κ2) is 5.35. The Kier molecular flexibility index (Phi) is 4.33. The SMILES string of the molecule is CC(C)C(=O)NC(c1ccccc1)C(C)(C)C. The lowest BCUT2D eigenvalue weighted by molar-refractivity contribution is -0.125. The van der Waals surface area contributed by atoms with Crippen LogP contribution in [0.5, 0.6) is 0 Å². The molecular formula is C15H23NO. The first-order chi connectivity index (χ1) is 7.82. The van der Waals surface area contributed by atoms with Gasteiger partial charge in [-0.25, -0.2) is 0 Å². The fourth-order valence-electron chi connectivity index (χ4n) is 1.75. The third-order valence-corrected chi connectivity index (χ3v) is 2.81. The van der Waals surface area contributed by atoms with E-state index in [1.807, 2.05) is 32.0 Å². The van der Waals surface area contributed by atoms with E-state index in [9.17, 15) is 4.79 Å². The van der Waals surface area contributed by atoms with Crippen molar-refractivity contribution in [2.45, 2.75) is 40.7 Å². The van der Waals surface area contributed by atoms with E-state index >= 15 is 0 Å². The van der Waals surface area contributed by atoms with Gasteiger partial charge < -0.3 is 5.32 Å². The third kappa shape index (κ3) is 3.88. The average Bonchev–Trinajstić information content (AvgIpc) is 2.25. The highest BCUT2D eigenvalue weighted by Gasteiger charge is 2.28. The summed E-state index contributed by atoms with van der Waals surface area (Å²) in [5.41, 5.74) is 1.17. The number of hydrogen-bond donors (Lipinski definition) is 1. The predicted octanol–water partition coefficient (Wildman–Crippen LogP) is 3.55. The van der Waals surface area contributed by atoms with Crippen molar-refractivity contribution in [3.8, 4) is 0 Å². The maximum Gasteiger partial charge on any atom is 0.223 e. The lowest BCUT2D eigenvalue weighted by atomic mass is 9.82. The Hall–Kier alpha value is -1.31. The molecule has 0 bridgehead atoms. The Morgan fingerprint density at radius 3 is 2.06 bits per heavy atom. The molecule has 1 atom stereocenters. The monoisotopic (exact) mass is 233 g/mol. The van der Waals surface area contributed by atoms with E-state index in [2.05, 4.69) is 38.2 Å². The summed E-state index contributed by atoms with van der Waals surface area (Å²) in [6, 6.07) is 10.2. The fourth-order valence-corrected chi connectivity index (χ4v) is 1.75. The summed E-state index contributed by atoms with van der Waals surface area (Å²) in [6.45, 7) is 10.3. The summed E-state index contributed by atoms with van der Waals surface area (Å²) >= 11 is 0. The van der Waals surface area contributed by atoms with Gasteiger partial charge in [0.1, 0.15) is 0 Å². The molecule has 0 radical (unpaired) electrons. The molecule has 17 heavy (non-hydrogen) atoms. The average molecular weight is 233 g/mol. The Bertz CT molecular complexity index is 362. The van der Waals surface area contributed by atoms with Crippen LogP contribution in [0.15, 0.2) is 30.3 Å². The topological polar surface area (TPSA) is 29.1 Å². The third-order valence-electron chi connectivity index (χ3n) is 2.81. The van der Waals surface area contributed by atoms with Gasteiger partial charge in [-0.15, -0.1) is 0 Å². The molecule has 0 aliphatic rings. The molecule has 2 nitrogen and oxygen atoms in total. The van der Waals surface area contributed by atoms with Crippen LogP contribution in [0.3, 0.4) is 0 Å². The highest BCUT2D eigenvalue weighted by atomic mass is 16.1. The number of hydrogen-bond acceptors (Lipinski definition) is 1. The normalized spacial score (nSPS) is 13.5. The van der Waals surface area contributed by atoms with Gasteiger partial charge in [-0.05, 0) is 11.0 Å². The number of carbonyl (C=O) groups excluding carboxylic acids is 1. The molecular weight excluding hydrogens is 210 g/mol. The van der Waals surface area contributed by atoms with Crippen LogP contribution in [0.4, 0.5) is 0 Å². The number of nitrogens with one attached hydrogen (secondary N) is 1. The molecule has 0 aliphatic heterocycles. The van der Waals surface area contributed by atoms with Crippen molar-refractivity contribution < 1.29 is 4.79 Å². The van der Waals surface area contributed by atoms with E-state index in [-0.39, 0.29) is 23.3 Å². The molecule has 1 amide bonds. The van der Waals surface area contributed by atoms with Gasteiger partial charge in [0.15, 0.2) is 0 Å². The van der Waals surface area contributed by atoms with Crippen LogP contribution in [0.25, 0.3) is 0 Å². The van der Waals surface area contributed by atoms with Crippen molar-refractivity contribution in [1.29, 1.82) is 0 Å². The van der Waals surface area contributed by atoms with Crippen molar-refractivity contribution in [3.63, 3.8) is 0 Å². The maximum absolute atomic E-state index is 11.9. The minimum Gasteiger partial charge on any atom is -0.349 e. The lowest BCUT2D eigenvalue weighted by Crippen LogP contribution is -2.38. The standard InChI is InChI=1S/C15H23NO/c1-11(2)14(17)16-13(15(3,4)5)12-9-7-6-8-10-12/h6-11,13H,1-5H3,(H,16,17). The van der Waals surface area contributed by atoms with Crippen LogP contribution in [0, 0.1) is 11.3 Å². The molecule has 94 valence electrons. The van der Waals surface area contributed by atoms with E-state index < -0.39 is 0 Å². The summed E-state index contributed by atoms with van der Waals surface area (Å²) in [7, 11) is 0. The summed E-state index contributed by atoms with van der Waals surface area (Å²) < 4.78 is 0. The summed E-state index contributed by atoms with van der Waals surface area (Å²) in [4.78, 5) is 11.9. The van der Waals surface area contributed by atoms with Gasteiger partial charge in [0, 0.05) is 5.92 Å². The van der Waals surface area contributed by atoms with Gasteiger partial charge >= 0.3 is 0 Å². The Morgan fingerprint density at radius 2 is 1.65 bits per heavy atom. The number of benzene rings is 1. The number of carbonyl (C=O) groups is 1. The number of rotatable bonds is 3. The van der Waals surface area contributed by atoms with E-state index in [1.165, 1.54) is 0 Å². The Labute approximate surface area is 104 Å². The van der Waals surface area contributed by atoms with Crippen LogP contribution in [0.2, 0.25) is 0 Å². The molecule has 2 heteroatoms. The van der Waals surface area contributed by atoms with Gasteiger partial charge in [0.2, 0.25) is 5.91 Å². The summed E-state index contributed by atoms with van der Waals surface area (Å²) in [6.07, 6.45) is 0. The van der Waals surface area contributed by atoms with Gasteiger partial charge in [0.25, 0.3) is 0 Å². The zero-order valence-electron chi connectivity index (χ0n) is 11.4. The van der Waals surface area contributed by atoms with Crippen LogP contribution in [-0.2, 0) is 4.79 Å².